The molecule has 0 saturated heterocycles. The molecule has 0 spiro atoms. The highest BCUT2D eigenvalue weighted by molar-refractivity contribution is 6.13. The van der Waals surface area contributed by atoms with Gasteiger partial charge in [0.25, 0.3) is 0 Å². The van der Waals surface area contributed by atoms with Crippen LogP contribution in [0, 0.1) is 36.5 Å². The Kier molecular flexibility index (Phi) is 10.4. The summed E-state index contributed by atoms with van der Waals surface area (Å²) >= 11 is 0. The van der Waals surface area contributed by atoms with Crippen LogP contribution in [0.5, 0.6) is 0 Å². The lowest BCUT2D eigenvalue weighted by Crippen LogP contribution is -2.04. The minimum Gasteiger partial charge on any atom is -0.308 e. The Balaban J connectivity index is 1.29. The van der Waals surface area contributed by atoms with E-state index in [2.05, 4.69) is 140 Å². The summed E-state index contributed by atoms with van der Waals surface area (Å²) in [6, 6.07) is 77.6. The number of aromatic nitrogens is 3. The van der Waals surface area contributed by atoms with Crippen molar-refractivity contribution in [2.24, 2.45) is 0 Å². The van der Waals surface area contributed by atoms with E-state index in [1.807, 2.05) is 103 Å². The van der Waals surface area contributed by atoms with Crippen LogP contribution in [0.15, 0.2) is 212 Å². The summed E-state index contributed by atoms with van der Waals surface area (Å²) < 4.78 is 2.34. The van der Waals surface area contributed by atoms with Crippen molar-refractivity contribution in [3.8, 4) is 96.2 Å². The van der Waals surface area contributed by atoms with E-state index < -0.39 is 0 Å². The quantitative estimate of drug-likeness (QED) is 0.152. The van der Waals surface area contributed by atoms with Gasteiger partial charge in [-0.25, -0.2) is 9.97 Å². The molecule has 0 unspecified atom stereocenters. The SMILES string of the molecule is Cc1ccccc1-c1ccc2c(c1)c1cc(-c3ccccc3C)ccc1n2-c1c(-c2ccccc2C#N)cc(-c2cc(-c3ccccc3)nc(-c3ccccc3)n2)cc1-c1ccccc1C#N. The van der Waals surface area contributed by atoms with Gasteiger partial charge in [-0.2, -0.15) is 10.5 Å². The molecular formula is C62H41N5. The standard InChI is InChI=1S/C62H41N5/c1-40-17-9-13-25-49(40)44-29-31-59-53(33-44)54-34-45(50-26-14-10-18-41(50)2)30-32-60(54)67(59)61-55(51-27-15-11-23-46(51)38-63)35-48(36-56(61)52-28-16-12-24-47(52)39-64)58-37-57(42-19-5-3-6-20-42)65-62(66-58)43-21-7-4-8-22-43/h3-37H,1-2H3. The highest BCUT2D eigenvalue weighted by atomic mass is 15.0. The van der Waals surface area contributed by atoms with E-state index in [1.54, 1.807) is 0 Å². The molecule has 11 aromatic rings. The van der Waals surface area contributed by atoms with Crippen LogP contribution in [0.2, 0.25) is 0 Å². The van der Waals surface area contributed by atoms with Gasteiger partial charge in [0.15, 0.2) is 5.82 Å². The lowest BCUT2D eigenvalue weighted by Gasteiger charge is -2.22. The van der Waals surface area contributed by atoms with Gasteiger partial charge in [0, 0.05) is 49.7 Å². The van der Waals surface area contributed by atoms with Gasteiger partial charge >= 0.3 is 0 Å². The van der Waals surface area contributed by atoms with Crippen LogP contribution in [0.4, 0.5) is 0 Å². The number of rotatable bonds is 8. The van der Waals surface area contributed by atoms with E-state index in [1.165, 1.54) is 22.3 Å². The molecule has 0 amide bonds. The first kappa shape index (κ1) is 40.6. The van der Waals surface area contributed by atoms with Gasteiger partial charge in [0.2, 0.25) is 0 Å². The fourth-order valence-electron chi connectivity index (χ4n) is 9.53. The molecule has 0 fully saturated rings. The minimum absolute atomic E-state index is 0.530. The van der Waals surface area contributed by atoms with E-state index in [-0.39, 0.29) is 0 Å². The van der Waals surface area contributed by atoms with Crippen LogP contribution in [0.25, 0.3) is 106 Å². The topological polar surface area (TPSA) is 78.3 Å². The molecule has 0 N–H and O–H groups in total. The maximum absolute atomic E-state index is 10.8. The van der Waals surface area contributed by atoms with Gasteiger partial charge in [-0.3, -0.25) is 0 Å². The van der Waals surface area contributed by atoms with E-state index in [0.717, 1.165) is 83.3 Å². The molecule has 314 valence electrons. The van der Waals surface area contributed by atoms with Crippen molar-refractivity contribution in [1.82, 2.24) is 14.5 Å². The highest BCUT2D eigenvalue weighted by Gasteiger charge is 2.25. The number of hydrogen-bond acceptors (Lipinski definition) is 4. The summed E-state index contributed by atoms with van der Waals surface area (Å²) in [6.45, 7) is 4.31. The van der Waals surface area contributed by atoms with Gasteiger partial charge < -0.3 is 4.57 Å². The normalized spacial score (nSPS) is 11.1. The van der Waals surface area contributed by atoms with E-state index in [9.17, 15) is 10.5 Å². The van der Waals surface area contributed by atoms with Crippen LogP contribution >= 0.6 is 0 Å². The maximum atomic E-state index is 10.8. The number of nitriles is 2. The third-order valence-electron chi connectivity index (χ3n) is 12.8. The molecule has 2 heterocycles. The smallest absolute Gasteiger partial charge is 0.160 e. The third-order valence-corrected chi connectivity index (χ3v) is 12.8. The second kappa shape index (κ2) is 17.1. The molecule has 11 rings (SSSR count). The van der Waals surface area contributed by atoms with Crippen molar-refractivity contribution in [3.63, 3.8) is 0 Å². The second-order valence-corrected chi connectivity index (χ2v) is 16.9. The Morgan fingerprint density at radius 1 is 0.358 bits per heavy atom. The molecule has 5 nitrogen and oxygen atoms in total. The minimum atomic E-state index is 0.530. The van der Waals surface area contributed by atoms with E-state index in [4.69, 9.17) is 9.97 Å². The summed E-state index contributed by atoms with van der Waals surface area (Å²) in [6.07, 6.45) is 0. The summed E-state index contributed by atoms with van der Waals surface area (Å²) in [5.74, 6) is 0.593. The van der Waals surface area contributed by atoms with Crippen molar-refractivity contribution < 1.29 is 0 Å². The van der Waals surface area contributed by atoms with Crippen molar-refractivity contribution in [2.75, 3.05) is 0 Å². The molecule has 2 aromatic heterocycles. The average molecular weight is 856 g/mol. The second-order valence-electron chi connectivity index (χ2n) is 16.9. The number of hydrogen-bond donors (Lipinski definition) is 0. The summed E-state index contributed by atoms with van der Waals surface area (Å²) in [5, 5.41) is 23.8. The molecule has 9 aromatic carbocycles. The first-order valence-corrected chi connectivity index (χ1v) is 22.4. The Labute approximate surface area is 389 Å². The van der Waals surface area contributed by atoms with Crippen LogP contribution in [-0.4, -0.2) is 14.5 Å². The van der Waals surface area contributed by atoms with Gasteiger partial charge in [0.1, 0.15) is 0 Å². The van der Waals surface area contributed by atoms with Crippen molar-refractivity contribution in [3.05, 3.63) is 235 Å². The predicted molar refractivity (Wildman–Crippen MR) is 273 cm³/mol. The van der Waals surface area contributed by atoms with Gasteiger partial charge in [0.05, 0.1) is 51.4 Å². The molecule has 0 aliphatic rings. The number of fused-ring (bicyclic) bond motifs is 3. The number of nitrogens with zero attached hydrogens (tertiary/aromatic N) is 5. The van der Waals surface area contributed by atoms with Crippen LogP contribution in [0.1, 0.15) is 22.3 Å². The number of aryl methyl sites for hydroxylation is 2. The fourth-order valence-corrected chi connectivity index (χ4v) is 9.53. The monoisotopic (exact) mass is 855 g/mol. The largest absolute Gasteiger partial charge is 0.308 e. The maximum Gasteiger partial charge on any atom is 0.160 e. The Hall–Kier alpha value is -9.16. The zero-order valence-electron chi connectivity index (χ0n) is 36.9. The average Bonchev–Trinajstić information content (AvgIpc) is 3.71. The summed E-state index contributed by atoms with van der Waals surface area (Å²) in [4.78, 5) is 10.4. The summed E-state index contributed by atoms with van der Waals surface area (Å²) in [7, 11) is 0. The van der Waals surface area contributed by atoms with Crippen molar-refractivity contribution >= 4 is 21.8 Å². The van der Waals surface area contributed by atoms with Gasteiger partial charge in [-0.05, 0) is 102 Å². The fraction of sp³-hybridized carbons (Fsp3) is 0.0323. The molecule has 5 heteroatoms. The van der Waals surface area contributed by atoms with E-state index in [0.29, 0.717) is 22.6 Å². The third kappa shape index (κ3) is 7.32. The van der Waals surface area contributed by atoms with E-state index >= 15 is 0 Å². The molecule has 67 heavy (non-hydrogen) atoms. The van der Waals surface area contributed by atoms with Crippen LogP contribution in [-0.2, 0) is 0 Å². The first-order chi connectivity index (χ1) is 33.0. The van der Waals surface area contributed by atoms with Crippen molar-refractivity contribution in [1.29, 1.82) is 10.5 Å². The molecule has 0 aliphatic carbocycles. The molecule has 0 radical (unpaired) electrons. The van der Waals surface area contributed by atoms with Crippen LogP contribution in [0.3, 0.4) is 0 Å². The predicted octanol–water partition coefficient (Wildman–Crippen LogP) is 15.6. The molecule has 0 aliphatic heterocycles. The first-order valence-electron chi connectivity index (χ1n) is 22.4. The lowest BCUT2D eigenvalue weighted by molar-refractivity contribution is 1.17. The number of benzene rings is 9. The Morgan fingerprint density at radius 2 is 0.776 bits per heavy atom. The highest BCUT2D eigenvalue weighted by Crippen LogP contribution is 2.46. The molecule has 0 bridgehead atoms. The zero-order valence-corrected chi connectivity index (χ0v) is 36.9. The van der Waals surface area contributed by atoms with Gasteiger partial charge in [-0.1, -0.05) is 158 Å². The molecular weight excluding hydrogens is 815 g/mol. The summed E-state index contributed by atoms with van der Waals surface area (Å²) in [5.41, 5.74) is 18.2. The van der Waals surface area contributed by atoms with Crippen LogP contribution < -0.4 is 0 Å². The van der Waals surface area contributed by atoms with Crippen molar-refractivity contribution in [2.45, 2.75) is 13.8 Å². The molecule has 0 saturated carbocycles. The van der Waals surface area contributed by atoms with Gasteiger partial charge in [-0.15, -0.1) is 0 Å². The Morgan fingerprint density at radius 3 is 1.25 bits per heavy atom. The lowest BCUT2D eigenvalue weighted by atomic mass is 9.88. The Bertz CT molecular complexity index is 3550. The molecule has 0 atom stereocenters. The zero-order chi connectivity index (χ0) is 45.4.